The lowest BCUT2D eigenvalue weighted by Crippen LogP contribution is -1.99. The Labute approximate surface area is 497 Å². The van der Waals surface area contributed by atoms with E-state index in [0.717, 1.165) is 88.8 Å². The van der Waals surface area contributed by atoms with Crippen LogP contribution in [0.25, 0.3) is 188 Å². The molecule has 2 aliphatic rings. The van der Waals surface area contributed by atoms with Crippen molar-refractivity contribution in [1.29, 1.82) is 0 Å². The van der Waals surface area contributed by atoms with Crippen molar-refractivity contribution in [2.45, 2.75) is 0 Å². The largest absolute Gasteiger partial charge is 0.248 e. The summed E-state index contributed by atoms with van der Waals surface area (Å²) in [5, 5.41) is 9.53. The fourth-order valence-corrected chi connectivity index (χ4v) is 14.2. The van der Waals surface area contributed by atoms with Gasteiger partial charge in [0, 0.05) is 33.0 Å². The van der Waals surface area contributed by atoms with E-state index in [1.165, 1.54) is 93.5 Å². The van der Waals surface area contributed by atoms with E-state index in [-0.39, 0.29) is 0 Å². The van der Waals surface area contributed by atoms with Gasteiger partial charge in [0.05, 0.1) is 22.4 Å². The molecule has 16 aromatic rings. The molecule has 396 valence electrons. The van der Waals surface area contributed by atoms with Crippen LogP contribution in [0.1, 0.15) is 0 Å². The molecule has 86 heavy (non-hydrogen) atoms. The summed E-state index contributed by atoms with van der Waals surface area (Å²) in [4.78, 5) is 16.8. The van der Waals surface area contributed by atoms with Crippen LogP contribution in [-0.4, -0.2) is 15.0 Å². The van der Waals surface area contributed by atoms with Crippen LogP contribution in [0.2, 0.25) is 0 Å². The molecule has 0 N–H and O–H groups in total. The average Bonchev–Trinajstić information content (AvgIpc) is 1.60. The molecule has 0 unspecified atom stereocenters. The monoisotopic (exact) mass is 1090 g/mol. The molecule has 3 heteroatoms. The molecule has 14 aromatic carbocycles. The minimum Gasteiger partial charge on any atom is -0.248 e. The second-order valence-corrected chi connectivity index (χ2v) is 22.9. The molecule has 0 saturated carbocycles. The van der Waals surface area contributed by atoms with E-state index in [1.807, 2.05) is 0 Å². The van der Waals surface area contributed by atoms with Crippen LogP contribution < -0.4 is 0 Å². The van der Waals surface area contributed by atoms with Crippen LogP contribution in [0, 0.1) is 0 Å². The van der Waals surface area contributed by atoms with Gasteiger partial charge in [-0.15, -0.1) is 0 Å². The zero-order valence-corrected chi connectivity index (χ0v) is 46.6. The quantitative estimate of drug-likeness (QED) is 0.152. The van der Waals surface area contributed by atoms with Crippen molar-refractivity contribution in [2.75, 3.05) is 0 Å². The zero-order valence-electron chi connectivity index (χ0n) is 46.6. The van der Waals surface area contributed by atoms with Gasteiger partial charge in [0.1, 0.15) is 0 Å². The van der Waals surface area contributed by atoms with E-state index in [4.69, 9.17) is 15.0 Å². The van der Waals surface area contributed by atoms with Crippen LogP contribution in [-0.2, 0) is 0 Å². The SMILES string of the molecule is c1ccc(-c2cc(-c3ccc(-c4nc(-c5ccc(-c6cc(-c7ccccc7)c7ccccc7n6)cc5)c5cc(-c6ccc7c8c(cccc68)-c6ccccc6-7)cc(-c6ccc7c8c(cccc68)-c6ccccc6-7)c5n4)cc3)cc3ccccc23)cc1. The van der Waals surface area contributed by atoms with Crippen LogP contribution >= 0.6 is 0 Å². The zero-order chi connectivity index (χ0) is 56.4. The van der Waals surface area contributed by atoms with Crippen molar-refractivity contribution in [1.82, 2.24) is 15.0 Å². The Morgan fingerprint density at radius 3 is 1.34 bits per heavy atom. The van der Waals surface area contributed by atoms with Crippen molar-refractivity contribution in [3.05, 3.63) is 297 Å². The van der Waals surface area contributed by atoms with Crippen LogP contribution in [0.3, 0.4) is 0 Å². The Kier molecular flexibility index (Phi) is 10.7. The summed E-state index contributed by atoms with van der Waals surface area (Å²) in [5.41, 5.74) is 28.2. The first-order chi connectivity index (χ1) is 42.6. The van der Waals surface area contributed by atoms with E-state index in [2.05, 4.69) is 297 Å². The first-order valence-electron chi connectivity index (χ1n) is 29.6. The van der Waals surface area contributed by atoms with Gasteiger partial charge in [0.2, 0.25) is 0 Å². The number of hydrogen-bond donors (Lipinski definition) is 0. The molecular weight excluding hydrogens is 1040 g/mol. The van der Waals surface area contributed by atoms with Gasteiger partial charge in [-0.25, -0.2) is 15.0 Å². The third-order valence-electron chi connectivity index (χ3n) is 18.2. The van der Waals surface area contributed by atoms with E-state index in [9.17, 15) is 0 Å². The summed E-state index contributed by atoms with van der Waals surface area (Å²) in [7, 11) is 0. The highest BCUT2D eigenvalue weighted by molar-refractivity contribution is 6.22. The highest BCUT2D eigenvalue weighted by atomic mass is 14.9. The summed E-state index contributed by atoms with van der Waals surface area (Å²) >= 11 is 0. The lowest BCUT2D eigenvalue weighted by Gasteiger charge is -2.18. The Hall–Kier alpha value is -11.4. The number of hydrogen-bond acceptors (Lipinski definition) is 3. The number of para-hydroxylation sites is 1. The lowest BCUT2D eigenvalue weighted by atomic mass is 9.88. The van der Waals surface area contributed by atoms with Crippen molar-refractivity contribution in [2.24, 2.45) is 0 Å². The normalized spacial score (nSPS) is 12.0. The fourth-order valence-electron chi connectivity index (χ4n) is 14.2. The van der Waals surface area contributed by atoms with Crippen molar-refractivity contribution < 1.29 is 0 Å². The van der Waals surface area contributed by atoms with Gasteiger partial charge in [0.15, 0.2) is 5.82 Å². The molecule has 0 aliphatic heterocycles. The van der Waals surface area contributed by atoms with Gasteiger partial charge in [-0.05, 0) is 163 Å². The molecule has 0 saturated heterocycles. The number of fused-ring (bicyclic) bond motifs is 9. The van der Waals surface area contributed by atoms with Crippen molar-refractivity contribution in [3.8, 4) is 134 Å². The Morgan fingerprint density at radius 1 is 0.198 bits per heavy atom. The highest BCUT2D eigenvalue weighted by Gasteiger charge is 2.27. The maximum absolute atomic E-state index is 5.79. The molecule has 0 amide bonds. The number of benzene rings is 14. The minimum absolute atomic E-state index is 0.658. The standard InChI is InChI=1S/C83H49N3/c1-3-17-51(18-4-1)73-46-57(45-56-21-7-8-22-59(56)73)50-33-39-55(40-34-50)83-85-81(54-37-35-53(36-38-54)78-49-74(52-19-5-2-6-20-52)66-27-13-14-32-77(66)84-78)76-48-58(60-41-43-71-63-25-11-9-23-61(63)68-29-15-28-67(60)79(68)71)47-75(82(76)86-83)65-42-44-72-64-26-12-10-24-62(64)69-30-16-31-70(65)80(69)72/h1-49H. The Bertz CT molecular complexity index is 5430. The number of nitrogens with zero attached hydrogens (tertiary/aromatic N) is 3. The molecule has 18 rings (SSSR count). The number of aromatic nitrogens is 3. The molecule has 2 heterocycles. The number of pyridine rings is 1. The molecule has 0 atom stereocenters. The van der Waals surface area contributed by atoms with Gasteiger partial charge in [-0.3, -0.25) is 0 Å². The lowest BCUT2D eigenvalue weighted by molar-refractivity contribution is 1.23. The van der Waals surface area contributed by atoms with Crippen LogP contribution in [0.4, 0.5) is 0 Å². The molecule has 0 bridgehead atoms. The van der Waals surface area contributed by atoms with Gasteiger partial charge in [-0.2, -0.15) is 0 Å². The maximum Gasteiger partial charge on any atom is 0.160 e. The maximum atomic E-state index is 5.79. The van der Waals surface area contributed by atoms with E-state index >= 15 is 0 Å². The molecular formula is C83H49N3. The Morgan fingerprint density at radius 2 is 0.674 bits per heavy atom. The molecule has 2 aromatic heterocycles. The molecule has 3 nitrogen and oxygen atoms in total. The summed E-state index contributed by atoms with van der Waals surface area (Å²) < 4.78 is 0. The third kappa shape index (κ3) is 7.51. The van der Waals surface area contributed by atoms with Crippen LogP contribution in [0.5, 0.6) is 0 Å². The molecule has 0 radical (unpaired) electrons. The molecule has 0 fully saturated rings. The first kappa shape index (κ1) is 48.2. The fraction of sp³-hybridized carbons (Fsp3) is 0. The summed E-state index contributed by atoms with van der Waals surface area (Å²) in [5.74, 6) is 0.658. The second-order valence-electron chi connectivity index (χ2n) is 22.9. The van der Waals surface area contributed by atoms with E-state index < -0.39 is 0 Å². The first-order valence-corrected chi connectivity index (χ1v) is 29.6. The second kappa shape index (κ2) is 19.1. The van der Waals surface area contributed by atoms with E-state index in [0.29, 0.717) is 5.82 Å². The Balaban J connectivity index is 0.873. The topological polar surface area (TPSA) is 38.7 Å². The van der Waals surface area contributed by atoms with Crippen molar-refractivity contribution >= 4 is 54.1 Å². The molecule has 2 aliphatic carbocycles. The highest BCUT2D eigenvalue weighted by Crippen LogP contribution is 2.53. The van der Waals surface area contributed by atoms with Gasteiger partial charge in [-0.1, -0.05) is 261 Å². The smallest absolute Gasteiger partial charge is 0.160 e. The predicted molar refractivity (Wildman–Crippen MR) is 360 cm³/mol. The van der Waals surface area contributed by atoms with Gasteiger partial charge < -0.3 is 0 Å². The van der Waals surface area contributed by atoms with Gasteiger partial charge in [0.25, 0.3) is 0 Å². The number of rotatable bonds is 8. The van der Waals surface area contributed by atoms with E-state index in [1.54, 1.807) is 0 Å². The van der Waals surface area contributed by atoms with Crippen molar-refractivity contribution in [3.63, 3.8) is 0 Å². The average molecular weight is 1090 g/mol. The summed E-state index contributed by atoms with van der Waals surface area (Å²) in [6.07, 6.45) is 0. The summed E-state index contributed by atoms with van der Waals surface area (Å²) in [6, 6.07) is 108. The summed E-state index contributed by atoms with van der Waals surface area (Å²) in [6.45, 7) is 0. The van der Waals surface area contributed by atoms with Crippen LogP contribution in [0.15, 0.2) is 297 Å². The predicted octanol–water partition coefficient (Wildman–Crippen LogP) is 22.3. The van der Waals surface area contributed by atoms with Gasteiger partial charge >= 0.3 is 0 Å². The molecule has 0 spiro atoms. The third-order valence-corrected chi connectivity index (χ3v) is 18.2. The minimum atomic E-state index is 0.658.